The lowest BCUT2D eigenvalue weighted by molar-refractivity contribution is 0.197. The van der Waals surface area contributed by atoms with E-state index < -0.39 is 0 Å². The summed E-state index contributed by atoms with van der Waals surface area (Å²) in [6.07, 6.45) is -0.00250. The molecule has 2 aromatic carbocycles. The summed E-state index contributed by atoms with van der Waals surface area (Å²) >= 11 is 3.53. The van der Waals surface area contributed by atoms with Gasteiger partial charge in [0.1, 0.15) is 11.9 Å². The van der Waals surface area contributed by atoms with Crippen LogP contribution in [0.5, 0.6) is 5.75 Å². The van der Waals surface area contributed by atoms with Crippen molar-refractivity contribution in [1.29, 1.82) is 0 Å². The van der Waals surface area contributed by atoms with Crippen molar-refractivity contribution in [2.24, 2.45) is 0 Å². The predicted molar refractivity (Wildman–Crippen MR) is 87.1 cm³/mol. The standard InChI is InChI=1S/C17H20BrNO/c1-13(2)19-12-17(14-8-4-3-5-9-14)20-16-11-7-6-10-15(16)18/h3-11,13,17,19H,12H2,1-2H3. The molecule has 1 unspecified atom stereocenters. The molecule has 1 atom stereocenters. The Bertz CT molecular complexity index is 528. The van der Waals surface area contributed by atoms with Crippen LogP contribution in [0.25, 0.3) is 0 Å². The summed E-state index contributed by atoms with van der Waals surface area (Å²) in [5.41, 5.74) is 1.18. The number of rotatable bonds is 6. The molecule has 3 heteroatoms. The molecule has 0 aliphatic rings. The lowest BCUT2D eigenvalue weighted by Gasteiger charge is -2.22. The van der Waals surface area contributed by atoms with Crippen molar-refractivity contribution >= 4 is 15.9 Å². The van der Waals surface area contributed by atoms with Crippen LogP contribution in [0.2, 0.25) is 0 Å². The third-order valence-electron chi connectivity index (χ3n) is 2.99. The zero-order valence-corrected chi connectivity index (χ0v) is 13.4. The lowest BCUT2D eigenvalue weighted by Crippen LogP contribution is -2.30. The van der Waals surface area contributed by atoms with Gasteiger partial charge in [0.25, 0.3) is 0 Å². The highest BCUT2D eigenvalue weighted by Crippen LogP contribution is 2.28. The zero-order chi connectivity index (χ0) is 14.4. The molecule has 0 heterocycles. The molecule has 0 aliphatic carbocycles. The van der Waals surface area contributed by atoms with Crippen LogP contribution in [0, 0.1) is 0 Å². The fraction of sp³-hybridized carbons (Fsp3) is 0.294. The average molecular weight is 334 g/mol. The summed E-state index contributed by atoms with van der Waals surface area (Å²) in [6.45, 7) is 5.06. The first kappa shape index (κ1) is 15.1. The normalized spacial score (nSPS) is 12.4. The van der Waals surface area contributed by atoms with Crippen molar-refractivity contribution < 1.29 is 4.74 Å². The molecule has 0 saturated carbocycles. The molecule has 2 rings (SSSR count). The fourth-order valence-corrected chi connectivity index (χ4v) is 2.31. The van der Waals surface area contributed by atoms with Crippen LogP contribution >= 0.6 is 15.9 Å². The maximum Gasteiger partial charge on any atom is 0.136 e. The van der Waals surface area contributed by atoms with Gasteiger partial charge in [0.2, 0.25) is 0 Å². The van der Waals surface area contributed by atoms with E-state index in [2.05, 4.69) is 47.2 Å². The largest absolute Gasteiger partial charge is 0.483 e. The number of hydrogen-bond acceptors (Lipinski definition) is 2. The third kappa shape index (κ3) is 4.36. The van der Waals surface area contributed by atoms with Gasteiger partial charge in [-0.1, -0.05) is 56.3 Å². The van der Waals surface area contributed by atoms with E-state index in [1.807, 2.05) is 42.5 Å². The third-order valence-corrected chi connectivity index (χ3v) is 3.64. The van der Waals surface area contributed by atoms with Gasteiger partial charge < -0.3 is 10.1 Å². The van der Waals surface area contributed by atoms with Gasteiger partial charge in [-0.25, -0.2) is 0 Å². The molecule has 0 spiro atoms. The number of nitrogens with one attached hydrogen (secondary N) is 1. The first-order valence-corrected chi connectivity index (χ1v) is 7.65. The Morgan fingerprint density at radius 1 is 1.00 bits per heavy atom. The second-order valence-corrected chi connectivity index (χ2v) is 5.86. The molecule has 0 aromatic heterocycles. The van der Waals surface area contributed by atoms with Crippen LogP contribution in [-0.2, 0) is 0 Å². The first-order valence-electron chi connectivity index (χ1n) is 6.86. The van der Waals surface area contributed by atoms with E-state index in [1.165, 1.54) is 5.56 Å². The minimum Gasteiger partial charge on any atom is -0.483 e. The lowest BCUT2D eigenvalue weighted by atomic mass is 10.1. The van der Waals surface area contributed by atoms with Gasteiger partial charge in [-0.15, -0.1) is 0 Å². The molecule has 0 amide bonds. The van der Waals surface area contributed by atoms with Gasteiger partial charge in [0, 0.05) is 12.6 Å². The number of ether oxygens (including phenoxy) is 1. The molecule has 2 nitrogen and oxygen atoms in total. The predicted octanol–water partition coefficient (Wildman–Crippen LogP) is 4.57. The van der Waals surface area contributed by atoms with E-state index in [1.54, 1.807) is 0 Å². The first-order chi connectivity index (χ1) is 9.66. The Kier molecular flexibility index (Phi) is 5.62. The molecule has 0 fully saturated rings. The van der Waals surface area contributed by atoms with Crippen molar-refractivity contribution in [3.05, 3.63) is 64.6 Å². The van der Waals surface area contributed by atoms with E-state index in [0.29, 0.717) is 6.04 Å². The maximum absolute atomic E-state index is 6.17. The topological polar surface area (TPSA) is 21.3 Å². The SMILES string of the molecule is CC(C)NCC(Oc1ccccc1Br)c1ccccc1. The van der Waals surface area contributed by atoms with Gasteiger partial charge >= 0.3 is 0 Å². The quantitative estimate of drug-likeness (QED) is 0.836. The van der Waals surface area contributed by atoms with Gasteiger partial charge in [0.15, 0.2) is 0 Å². The van der Waals surface area contributed by atoms with Crippen molar-refractivity contribution in [3.63, 3.8) is 0 Å². The van der Waals surface area contributed by atoms with Crippen molar-refractivity contribution in [2.75, 3.05) is 6.54 Å². The molecular weight excluding hydrogens is 314 g/mol. The Labute approximate surface area is 129 Å². The average Bonchev–Trinajstić information content (AvgIpc) is 2.46. The highest BCUT2D eigenvalue weighted by molar-refractivity contribution is 9.10. The molecule has 0 radical (unpaired) electrons. The summed E-state index contributed by atoms with van der Waals surface area (Å²) in [5.74, 6) is 0.868. The summed E-state index contributed by atoms with van der Waals surface area (Å²) in [6, 6.07) is 18.7. The highest BCUT2D eigenvalue weighted by atomic mass is 79.9. The van der Waals surface area contributed by atoms with Gasteiger partial charge in [-0.3, -0.25) is 0 Å². The number of halogens is 1. The molecule has 2 aromatic rings. The Balaban J connectivity index is 2.16. The minimum absolute atomic E-state index is 0.00250. The number of hydrogen-bond donors (Lipinski definition) is 1. The molecule has 0 saturated heterocycles. The molecule has 0 aliphatic heterocycles. The molecular formula is C17H20BrNO. The van der Waals surface area contributed by atoms with E-state index in [4.69, 9.17) is 4.74 Å². The molecule has 0 bridgehead atoms. The second-order valence-electron chi connectivity index (χ2n) is 5.01. The molecule has 20 heavy (non-hydrogen) atoms. The fourth-order valence-electron chi connectivity index (χ4n) is 1.93. The van der Waals surface area contributed by atoms with Crippen LogP contribution in [0.4, 0.5) is 0 Å². The monoisotopic (exact) mass is 333 g/mol. The summed E-state index contributed by atoms with van der Waals surface area (Å²) < 4.78 is 7.15. The van der Waals surface area contributed by atoms with Crippen molar-refractivity contribution in [1.82, 2.24) is 5.32 Å². The highest BCUT2D eigenvalue weighted by Gasteiger charge is 2.14. The minimum atomic E-state index is -0.00250. The van der Waals surface area contributed by atoms with Crippen LogP contribution in [0.15, 0.2) is 59.1 Å². The van der Waals surface area contributed by atoms with Gasteiger partial charge in [0.05, 0.1) is 4.47 Å². The van der Waals surface area contributed by atoms with E-state index in [-0.39, 0.29) is 6.10 Å². The Hall–Kier alpha value is -1.32. The maximum atomic E-state index is 6.17. The summed E-state index contributed by atoms with van der Waals surface area (Å²) in [7, 11) is 0. The number of benzene rings is 2. The van der Waals surface area contributed by atoms with Crippen molar-refractivity contribution in [2.45, 2.75) is 26.0 Å². The van der Waals surface area contributed by atoms with Crippen LogP contribution < -0.4 is 10.1 Å². The second kappa shape index (κ2) is 7.46. The summed E-state index contributed by atoms with van der Waals surface area (Å²) in [4.78, 5) is 0. The van der Waals surface area contributed by atoms with Crippen molar-refractivity contribution in [3.8, 4) is 5.75 Å². The zero-order valence-electron chi connectivity index (χ0n) is 11.8. The van der Waals surface area contributed by atoms with E-state index in [9.17, 15) is 0 Å². The Morgan fingerprint density at radius 3 is 2.30 bits per heavy atom. The van der Waals surface area contributed by atoms with Crippen LogP contribution in [0.3, 0.4) is 0 Å². The van der Waals surface area contributed by atoms with Crippen LogP contribution in [0.1, 0.15) is 25.5 Å². The molecule has 106 valence electrons. The summed E-state index contributed by atoms with van der Waals surface area (Å²) in [5, 5.41) is 3.44. The number of para-hydroxylation sites is 1. The van der Waals surface area contributed by atoms with Crippen LogP contribution in [-0.4, -0.2) is 12.6 Å². The van der Waals surface area contributed by atoms with Gasteiger partial charge in [-0.2, -0.15) is 0 Å². The Morgan fingerprint density at radius 2 is 1.65 bits per heavy atom. The smallest absolute Gasteiger partial charge is 0.136 e. The molecule has 1 N–H and O–H groups in total. The van der Waals surface area contributed by atoms with E-state index >= 15 is 0 Å². The van der Waals surface area contributed by atoms with Gasteiger partial charge in [-0.05, 0) is 33.6 Å². The van der Waals surface area contributed by atoms with E-state index in [0.717, 1.165) is 16.8 Å².